The van der Waals surface area contributed by atoms with Crippen molar-refractivity contribution in [1.29, 1.82) is 0 Å². The van der Waals surface area contributed by atoms with Crippen molar-refractivity contribution >= 4 is 5.91 Å². The highest BCUT2D eigenvalue weighted by Crippen LogP contribution is 2.29. The van der Waals surface area contributed by atoms with E-state index in [1.165, 1.54) is 62.7 Å². The minimum Gasteiger partial charge on any atom is -0.339 e. The van der Waals surface area contributed by atoms with Crippen LogP contribution in [0.25, 0.3) is 0 Å². The molecule has 2 saturated heterocycles. The first-order chi connectivity index (χ1) is 14.2. The highest BCUT2D eigenvalue weighted by Gasteiger charge is 2.34. The Morgan fingerprint density at radius 1 is 1.10 bits per heavy atom. The van der Waals surface area contributed by atoms with Gasteiger partial charge in [0, 0.05) is 25.7 Å². The van der Waals surface area contributed by atoms with Crippen LogP contribution in [0.4, 0.5) is 0 Å². The molecule has 1 amide bonds. The van der Waals surface area contributed by atoms with Gasteiger partial charge in [-0.1, -0.05) is 37.1 Å². The molecule has 1 aromatic rings. The number of carbonyl (C=O) groups excluding carboxylic acids is 1. The van der Waals surface area contributed by atoms with Crippen LogP contribution in [0.3, 0.4) is 0 Å². The number of likely N-dealkylation sites (tertiary alicyclic amines) is 1. The van der Waals surface area contributed by atoms with Gasteiger partial charge < -0.3 is 15.1 Å². The summed E-state index contributed by atoms with van der Waals surface area (Å²) in [6, 6.07) is 9.29. The zero-order chi connectivity index (χ0) is 20.1. The summed E-state index contributed by atoms with van der Waals surface area (Å²) in [5.41, 5.74) is 2.90. The number of piperidine rings is 1. The van der Waals surface area contributed by atoms with Crippen LogP contribution in [-0.2, 0) is 11.2 Å². The lowest BCUT2D eigenvalue weighted by Gasteiger charge is -2.38. The van der Waals surface area contributed by atoms with Crippen LogP contribution in [0.2, 0.25) is 0 Å². The minimum atomic E-state index is 0.227. The number of carbonyl (C=O) groups is 1. The highest BCUT2D eigenvalue weighted by molar-refractivity contribution is 5.79. The van der Waals surface area contributed by atoms with E-state index in [9.17, 15) is 4.79 Å². The molecule has 4 heteroatoms. The Morgan fingerprint density at radius 2 is 1.86 bits per heavy atom. The van der Waals surface area contributed by atoms with Crippen LogP contribution < -0.4 is 5.32 Å². The molecule has 0 bridgehead atoms. The van der Waals surface area contributed by atoms with Crippen LogP contribution in [0.1, 0.15) is 56.1 Å². The van der Waals surface area contributed by atoms with E-state index in [0.29, 0.717) is 17.9 Å². The van der Waals surface area contributed by atoms with Gasteiger partial charge in [-0.15, -0.1) is 0 Å². The summed E-state index contributed by atoms with van der Waals surface area (Å²) < 4.78 is 0. The fourth-order valence-electron chi connectivity index (χ4n) is 5.57. The van der Waals surface area contributed by atoms with Crippen molar-refractivity contribution in [2.75, 3.05) is 39.3 Å². The van der Waals surface area contributed by atoms with Crippen LogP contribution in [0.15, 0.2) is 24.3 Å². The quantitative estimate of drug-likeness (QED) is 0.763. The molecule has 2 heterocycles. The molecule has 4 nitrogen and oxygen atoms in total. The molecule has 1 atom stereocenters. The summed E-state index contributed by atoms with van der Waals surface area (Å²) in [6.07, 6.45) is 9.71. The summed E-state index contributed by atoms with van der Waals surface area (Å²) >= 11 is 0. The molecule has 3 fully saturated rings. The number of aryl methyl sites for hydroxylation is 1. The van der Waals surface area contributed by atoms with Crippen molar-refractivity contribution in [3.63, 3.8) is 0 Å². The number of nitrogens with one attached hydrogen (secondary N) is 1. The molecular weight excluding hydrogens is 358 g/mol. The fraction of sp³-hybridized carbons (Fsp3) is 0.720. The first-order valence-electron chi connectivity index (χ1n) is 12.0. The zero-order valence-corrected chi connectivity index (χ0v) is 18.2. The molecule has 160 valence electrons. The smallest absolute Gasteiger partial charge is 0.227 e. The predicted molar refractivity (Wildman–Crippen MR) is 119 cm³/mol. The Balaban J connectivity index is 1.27. The van der Waals surface area contributed by atoms with Gasteiger partial charge in [-0.2, -0.15) is 0 Å². The average Bonchev–Trinajstić information content (AvgIpc) is 3.46. The Bertz CT molecular complexity index is 656. The van der Waals surface area contributed by atoms with Crippen LogP contribution in [0, 0.1) is 18.8 Å². The monoisotopic (exact) mass is 397 g/mol. The molecule has 0 spiro atoms. The van der Waals surface area contributed by atoms with Crippen molar-refractivity contribution in [3.8, 4) is 0 Å². The van der Waals surface area contributed by atoms with Gasteiger partial charge in [0.25, 0.3) is 0 Å². The standard InChI is InChI=1S/C25H39N3O/c1-20-6-2-3-7-22(20)13-17-27-15-11-21(12-16-27)19-28(24-8-4-5-9-24)25(29)23-10-14-26-18-23/h2-3,6-7,21,23-24,26H,4-5,8-19H2,1H3. The molecule has 29 heavy (non-hydrogen) atoms. The van der Waals surface area contributed by atoms with E-state index >= 15 is 0 Å². The third-order valence-electron chi connectivity index (χ3n) is 7.58. The highest BCUT2D eigenvalue weighted by atomic mass is 16.2. The molecular formula is C25H39N3O. The van der Waals surface area contributed by atoms with Gasteiger partial charge in [-0.05, 0) is 82.1 Å². The Morgan fingerprint density at radius 3 is 2.55 bits per heavy atom. The van der Waals surface area contributed by atoms with Crippen molar-refractivity contribution in [1.82, 2.24) is 15.1 Å². The van der Waals surface area contributed by atoms with Gasteiger partial charge >= 0.3 is 0 Å². The Labute approximate surface area is 177 Å². The lowest BCUT2D eigenvalue weighted by molar-refractivity contribution is -0.138. The second-order valence-electron chi connectivity index (χ2n) is 9.58. The molecule has 2 aliphatic heterocycles. The van der Waals surface area contributed by atoms with Gasteiger partial charge in [-0.3, -0.25) is 4.79 Å². The van der Waals surface area contributed by atoms with Gasteiger partial charge in [0.15, 0.2) is 0 Å². The topological polar surface area (TPSA) is 35.6 Å². The number of nitrogens with zero attached hydrogens (tertiary/aromatic N) is 2. The number of hydrogen-bond donors (Lipinski definition) is 1. The van der Waals surface area contributed by atoms with Crippen LogP contribution in [0.5, 0.6) is 0 Å². The SMILES string of the molecule is Cc1ccccc1CCN1CCC(CN(C(=O)C2CCNC2)C2CCCC2)CC1. The van der Waals surface area contributed by atoms with Gasteiger partial charge in [-0.25, -0.2) is 0 Å². The molecule has 1 aromatic carbocycles. The van der Waals surface area contributed by atoms with E-state index in [0.717, 1.165) is 39.0 Å². The number of benzene rings is 1. The lowest BCUT2D eigenvalue weighted by Crippen LogP contribution is -2.47. The van der Waals surface area contributed by atoms with Crippen molar-refractivity contribution in [2.24, 2.45) is 11.8 Å². The van der Waals surface area contributed by atoms with Crippen molar-refractivity contribution < 1.29 is 4.79 Å². The number of amides is 1. The maximum atomic E-state index is 13.2. The van der Waals surface area contributed by atoms with E-state index in [1.54, 1.807) is 0 Å². The first kappa shape index (κ1) is 20.9. The maximum absolute atomic E-state index is 13.2. The Kier molecular flexibility index (Phi) is 7.25. The van der Waals surface area contributed by atoms with E-state index in [1.807, 2.05) is 0 Å². The molecule has 4 rings (SSSR count). The number of rotatable bonds is 7. The summed E-state index contributed by atoms with van der Waals surface area (Å²) in [6.45, 7) is 8.66. The third-order valence-corrected chi connectivity index (χ3v) is 7.58. The van der Waals surface area contributed by atoms with Gasteiger partial charge in [0.05, 0.1) is 5.92 Å². The molecule has 0 aromatic heterocycles. The second kappa shape index (κ2) is 10.1. The van der Waals surface area contributed by atoms with E-state index in [2.05, 4.69) is 46.3 Å². The summed E-state index contributed by atoms with van der Waals surface area (Å²) in [5.74, 6) is 1.36. The Hall–Kier alpha value is -1.39. The predicted octanol–water partition coefficient (Wildman–Crippen LogP) is 3.63. The zero-order valence-electron chi connectivity index (χ0n) is 18.2. The summed E-state index contributed by atoms with van der Waals surface area (Å²) in [5, 5.41) is 3.39. The second-order valence-corrected chi connectivity index (χ2v) is 9.58. The summed E-state index contributed by atoms with van der Waals surface area (Å²) in [4.78, 5) is 18.2. The molecule has 3 aliphatic rings. The molecule has 1 unspecified atom stereocenters. The van der Waals surface area contributed by atoms with Gasteiger partial charge in [0.2, 0.25) is 5.91 Å². The fourth-order valence-corrected chi connectivity index (χ4v) is 5.57. The van der Waals surface area contributed by atoms with E-state index in [4.69, 9.17) is 0 Å². The van der Waals surface area contributed by atoms with Gasteiger partial charge in [0.1, 0.15) is 0 Å². The van der Waals surface area contributed by atoms with E-state index in [-0.39, 0.29) is 5.92 Å². The number of hydrogen-bond acceptors (Lipinski definition) is 3. The molecule has 0 radical (unpaired) electrons. The molecule has 1 saturated carbocycles. The summed E-state index contributed by atoms with van der Waals surface area (Å²) in [7, 11) is 0. The largest absolute Gasteiger partial charge is 0.339 e. The van der Waals surface area contributed by atoms with E-state index < -0.39 is 0 Å². The average molecular weight is 398 g/mol. The van der Waals surface area contributed by atoms with Crippen LogP contribution in [-0.4, -0.2) is 61.0 Å². The lowest BCUT2D eigenvalue weighted by atomic mass is 9.94. The molecule has 1 aliphatic carbocycles. The van der Waals surface area contributed by atoms with Crippen molar-refractivity contribution in [3.05, 3.63) is 35.4 Å². The first-order valence-corrected chi connectivity index (χ1v) is 12.0. The minimum absolute atomic E-state index is 0.227. The maximum Gasteiger partial charge on any atom is 0.227 e. The normalized spacial score (nSPS) is 24.2. The third kappa shape index (κ3) is 5.40. The molecule has 1 N–H and O–H groups in total. The van der Waals surface area contributed by atoms with Crippen molar-refractivity contribution in [2.45, 2.75) is 64.3 Å². The van der Waals surface area contributed by atoms with Crippen LogP contribution >= 0.6 is 0 Å².